The van der Waals surface area contributed by atoms with Crippen LogP contribution in [-0.2, 0) is 4.79 Å². The first kappa shape index (κ1) is 22.3. The van der Waals surface area contributed by atoms with Crippen molar-refractivity contribution < 1.29 is 18.3 Å². The average Bonchev–Trinajstić information content (AvgIpc) is 3.45. The van der Waals surface area contributed by atoms with Gasteiger partial charge in [0.2, 0.25) is 0 Å². The molecule has 2 aromatic carbocycles. The molecule has 2 N–H and O–H groups in total. The molecule has 0 spiro atoms. The highest BCUT2D eigenvalue weighted by Gasteiger charge is 2.30. The van der Waals surface area contributed by atoms with Crippen LogP contribution in [0, 0.1) is 23.5 Å². The van der Waals surface area contributed by atoms with Crippen molar-refractivity contribution in [2.75, 3.05) is 18.8 Å². The van der Waals surface area contributed by atoms with Crippen LogP contribution in [0.3, 0.4) is 0 Å². The van der Waals surface area contributed by atoms with Gasteiger partial charge in [0.1, 0.15) is 41.0 Å². The Hall–Kier alpha value is -4.52. The summed E-state index contributed by atoms with van der Waals surface area (Å²) in [6.45, 7) is 2.54. The first-order chi connectivity index (χ1) is 16.9. The fraction of sp³-hybridized carbons (Fsp3) is 0.200. The summed E-state index contributed by atoms with van der Waals surface area (Å²) in [7, 11) is 0. The Kier molecular flexibility index (Phi) is 5.74. The molecular formula is C25H20F2N6O2. The van der Waals surface area contributed by atoms with E-state index in [1.54, 1.807) is 28.6 Å². The third-order valence-corrected chi connectivity index (χ3v) is 5.77. The molecule has 5 rings (SSSR count). The van der Waals surface area contributed by atoms with Crippen LogP contribution in [0.1, 0.15) is 19.4 Å². The van der Waals surface area contributed by atoms with Crippen molar-refractivity contribution in [3.05, 3.63) is 60.4 Å². The molecule has 1 aliphatic heterocycles. The van der Waals surface area contributed by atoms with Gasteiger partial charge in [-0.05, 0) is 43.5 Å². The molecule has 0 aliphatic carbocycles. The standard InChI is InChI=1S/C25H20F2N6O2/c1-2-4-21(34)32-10-9-16(13-32)33-25-22(24(28)29-14-30-25)23(31-33)19-8-7-18(12-20(19)27)35-17-6-3-5-15(26)11-17/h3,5-8,11-12,14,16H,9-10,13H2,1H3,(H2,28,29,30)/t16-/m1/s1. The maximum atomic E-state index is 15.3. The lowest BCUT2D eigenvalue weighted by atomic mass is 10.1. The van der Waals surface area contributed by atoms with Gasteiger partial charge < -0.3 is 15.4 Å². The quantitative estimate of drug-likeness (QED) is 0.450. The molecule has 10 heteroatoms. The van der Waals surface area contributed by atoms with E-state index in [1.807, 2.05) is 0 Å². The van der Waals surface area contributed by atoms with Gasteiger partial charge in [0.25, 0.3) is 5.91 Å². The number of ether oxygens (including phenoxy) is 1. The minimum Gasteiger partial charge on any atom is -0.457 e. The van der Waals surface area contributed by atoms with Gasteiger partial charge in [-0.15, -0.1) is 0 Å². The van der Waals surface area contributed by atoms with Crippen molar-refractivity contribution in [1.29, 1.82) is 0 Å². The average molecular weight is 474 g/mol. The topological polar surface area (TPSA) is 99.2 Å². The summed E-state index contributed by atoms with van der Waals surface area (Å²) in [5.74, 6) is 4.47. The van der Waals surface area contributed by atoms with E-state index in [0.29, 0.717) is 30.5 Å². The van der Waals surface area contributed by atoms with Crippen molar-refractivity contribution in [3.63, 3.8) is 0 Å². The van der Waals surface area contributed by atoms with E-state index in [4.69, 9.17) is 10.5 Å². The Labute approximate surface area is 199 Å². The van der Waals surface area contributed by atoms with Crippen LogP contribution >= 0.6 is 0 Å². The van der Waals surface area contributed by atoms with E-state index in [2.05, 4.69) is 26.9 Å². The second-order valence-electron chi connectivity index (χ2n) is 8.02. The molecule has 8 nitrogen and oxygen atoms in total. The van der Waals surface area contributed by atoms with Crippen molar-refractivity contribution in [2.45, 2.75) is 19.4 Å². The minimum absolute atomic E-state index is 0.165. The normalized spacial score (nSPS) is 15.2. The zero-order chi connectivity index (χ0) is 24.5. The zero-order valence-corrected chi connectivity index (χ0v) is 18.7. The van der Waals surface area contributed by atoms with Gasteiger partial charge in [0, 0.05) is 30.8 Å². The highest BCUT2D eigenvalue weighted by molar-refractivity contribution is 5.98. The van der Waals surface area contributed by atoms with Crippen LogP contribution in [0.4, 0.5) is 14.6 Å². The molecule has 0 bridgehead atoms. The Morgan fingerprint density at radius 1 is 1.17 bits per heavy atom. The van der Waals surface area contributed by atoms with E-state index >= 15 is 4.39 Å². The molecular weight excluding hydrogens is 454 g/mol. The van der Waals surface area contributed by atoms with Crippen molar-refractivity contribution in [3.8, 4) is 34.6 Å². The molecule has 35 heavy (non-hydrogen) atoms. The van der Waals surface area contributed by atoms with Gasteiger partial charge in [-0.1, -0.05) is 12.0 Å². The van der Waals surface area contributed by atoms with E-state index in [0.717, 1.165) is 0 Å². The van der Waals surface area contributed by atoms with Crippen LogP contribution in [0.15, 0.2) is 48.8 Å². The number of carbonyl (C=O) groups excluding carboxylic acids is 1. The number of fused-ring (bicyclic) bond motifs is 1. The molecule has 1 fully saturated rings. The lowest BCUT2D eigenvalue weighted by Crippen LogP contribution is -2.28. The smallest absolute Gasteiger partial charge is 0.298 e. The van der Waals surface area contributed by atoms with Gasteiger partial charge in [0.15, 0.2) is 5.65 Å². The molecule has 1 saturated heterocycles. The van der Waals surface area contributed by atoms with Gasteiger partial charge in [-0.3, -0.25) is 4.79 Å². The lowest BCUT2D eigenvalue weighted by molar-refractivity contribution is -0.124. The summed E-state index contributed by atoms with van der Waals surface area (Å²) in [4.78, 5) is 22.2. The van der Waals surface area contributed by atoms with Gasteiger partial charge >= 0.3 is 0 Å². The van der Waals surface area contributed by atoms with Gasteiger partial charge in [-0.25, -0.2) is 23.4 Å². The second kappa shape index (κ2) is 9.02. The summed E-state index contributed by atoms with van der Waals surface area (Å²) in [6, 6.07) is 9.68. The van der Waals surface area contributed by atoms with Gasteiger partial charge in [-0.2, -0.15) is 5.10 Å². The molecule has 0 unspecified atom stereocenters. The van der Waals surface area contributed by atoms with Crippen molar-refractivity contribution >= 4 is 22.8 Å². The summed E-state index contributed by atoms with van der Waals surface area (Å²) in [5, 5.41) is 5.08. The van der Waals surface area contributed by atoms with Crippen LogP contribution in [0.2, 0.25) is 0 Å². The fourth-order valence-electron chi connectivity index (χ4n) is 4.17. The van der Waals surface area contributed by atoms with Gasteiger partial charge in [0.05, 0.1) is 11.4 Å². The second-order valence-corrected chi connectivity index (χ2v) is 8.02. The molecule has 3 heterocycles. The van der Waals surface area contributed by atoms with Crippen LogP contribution in [-0.4, -0.2) is 43.6 Å². The number of amides is 1. The van der Waals surface area contributed by atoms with E-state index in [1.165, 1.54) is 36.7 Å². The summed E-state index contributed by atoms with van der Waals surface area (Å²) >= 11 is 0. The highest BCUT2D eigenvalue weighted by Crippen LogP contribution is 2.36. The highest BCUT2D eigenvalue weighted by atomic mass is 19.1. The molecule has 1 aliphatic rings. The minimum atomic E-state index is -0.602. The molecule has 1 amide bonds. The molecule has 4 aromatic rings. The van der Waals surface area contributed by atoms with E-state index in [9.17, 15) is 9.18 Å². The Morgan fingerprint density at radius 3 is 2.77 bits per heavy atom. The van der Waals surface area contributed by atoms with Crippen LogP contribution in [0.5, 0.6) is 11.5 Å². The van der Waals surface area contributed by atoms with Crippen LogP contribution in [0.25, 0.3) is 22.3 Å². The fourth-order valence-corrected chi connectivity index (χ4v) is 4.17. The van der Waals surface area contributed by atoms with Crippen molar-refractivity contribution in [2.24, 2.45) is 0 Å². The van der Waals surface area contributed by atoms with Crippen LogP contribution < -0.4 is 10.5 Å². The number of carbonyl (C=O) groups is 1. The zero-order valence-electron chi connectivity index (χ0n) is 18.7. The number of benzene rings is 2. The SMILES string of the molecule is CC#CC(=O)N1CC[C@@H](n2nc(-c3ccc(Oc4cccc(F)c4)cc3F)c3c(N)ncnc32)C1. The Morgan fingerprint density at radius 2 is 2.00 bits per heavy atom. The van der Waals surface area contributed by atoms with Crippen molar-refractivity contribution in [1.82, 2.24) is 24.6 Å². The predicted octanol–water partition coefficient (Wildman–Crippen LogP) is 3.94. The number of hydrogen-bond donors (Lipinski definition) is 1. The first-order valence-electron chi connectivity index (χ1n) is 10.9. The largest absolute Gasteiger partial charge is 0.457 e. The maximum Gasteiger partial charge on any atom is 0.298 e. The Balaban J connectivity index is 1.51. The monoisotopic (exact) mass is 474 g/mol. The number of nitrogens with two attached hydrogens (primary N) is 1. The van der Waals surface area contributed by atoms with E-state index < -0.39 is 11.6 Å². The molecule has 1 atom stereocenters. The third-order valence-electron chi connectivity index (χ3n) is 5.77. The number of aromatic nitrogens is 4. The number of likely N-dealkylation sites (tertiary alicyclic amines) is 1. The molecule has 0 radical (unpaired) electrons. The first-order valence-corrected chi connectivity index (χ1v) is 10.9. The Bertz CT molecular complexity index is 1510. The maximum absolute atomic E-state index is 15.3. The number of anilines is 1. The summed E-state index contributed by atoms with van der Waals surface area (Å²) in [6.07, 6.45) is 1.96. The number of nitrogens with zero attached hydrogens (tertiary/aromatic N) is 5. The third kappa shape index (κ3) is 4.24. The molecule has 2 aromatic heterocycles. The summed E-state index contributed by atoms with van der Waals surface area (Å²) in [5.41, 5.74) is 7.07. The molecule has 0 saturated carbocycles. The number of nitrogen functional groups attached to an aromatic ring is 1. The number of rotatable bonds is 4. The predicted molar refractivity (Wildman–Crippen MR) is 125 cm³/mol. The lowest BCUT2D eigenvalue weighted by Gasteiger charge is -2.14. The molecule has 176 valence electrons. The number of halogens is 2. The summed E-state index contributed by atoms with van der Waals surface area (Å²) < 4.78 is 36.0. The van der Waals surface area contributed by atoms with E-state index in [-0.39, 0.29) is 40.5 Å². The number of hydrogen-bond acceptors (Lipinski definition) is 6.